The Hall–Kier alpha value is -1.85. The lowest BCUT2D eigenvalue weighted by atomic mass is 10.1. The smallest absolute Gasteiger partial charge is 0.245 e. The lowest BCUT2D eigenvalue weighted by Gasteiger charge is -2.23. The van der Waals surface area contributed by atoms with Gasteiger partial charge < -0.3 is 14.8 Å². The maximum atomic E-state index is 12.5. The number of nitrogens with zero attached hydrogens (tertiary/aromatic N) is 3. The summed E-state index contributed by atoms with van der Waals surface area (Å²) in [6, 6.07) is -0.300. The van der Waals surface area contributed by atoms with Crippen LogP contribution in [0.15, 0.2) is 12.4 Å². The van der Waals surface area contributed by atoms with E-state index in [0.29, 0.717) is 25.4 Å². The SMILES string of the molecule is Cn1ccnc1CCN1CCC(=O)NC(C2CC2)C1=O. The fraction of sp³-hybridized carbons (Fsp3) is 0.643. The summed E-state index contributed by atoms with van der Waals surface area (Å²) >= 11 is 0. The Morgan fingerprint density at radius 1 is 1.40 bits per heavy atom. The van der Waals surface area contributed by atoms with E-state index >= 15 is 0 Å². The molecule has 1 unspecified atom stereocenters. The first-order valence-corrected chi connectivity index (χ1v) is 7.19. The van der Waals surface area contributed by atoms with Gasteiger partial charge in [-0.15, -0.1) is 0 Å². The van der Waals surface area contributed by atoms with Crippen LogP contribution in [0, 0.1) is 5.92 Å². The van der Waals surface area contributed by atoms with Crippen molar-refractivity contribution in [2.45, 2.75) is 31.7 Å². The minimum Gasteiger partial charge on any atom is -0.344 e. The zero-order valence-corrected chi connectivity index (χ0v) is 11.7. The predicted molar refractivity (Wildman–Crippen MR) is 72.8 cm³/mol. The van der Waals surface area contributed by atoms with Gasteiger partial charge in [0.25, 0.3) is 0 Å². The van der Waals surface area contributed by atoms with E-state index in [0.717, 1.165) is 25.1 Å². The van der Waals surface area contributed by atoms with Crippen molar-refractivity contribution in [2.75, 3.05) is 13.1 Å². The van der Waals surface area contributed by atoms with E-state index < -0.39 is 0 Å². The van der Waals surface area contributed by atoms with Gasteiger partial charge in [-0.05, 0) is 18.8 Å². The average Bonchev–Trinajstić information content (AvgIpc) is 3.20. The van der Waals surface area contributed by atoms with Crippen molar-refractivity contribution in [3.63, 3.8) is 0 Å². The van der Waals surface area contributed by atoms with Crippen LogP contribution in [0.5, 0.6) is 0 Å². The van der Waals surface area contributed by atoms with E-state index in [1.165, 1.54) is 0 Å². The zero-order chi connectivity index (χ0) is 14.1. The number of aromatic nitrogens is 2. The van der Waals surface area contributed by atoms with Crippen LogP contribution in [-0.4, -0.2) is 45.4 Å². The van der Waals surface area contributed by atoms with E-state index in [1.54, 1.807) is 6.20 Å². The lowest BCUT2D eigenvalue weighted by Crippen LogP contribution is -2.46. The number of hydrogen-bond donors (Lipinski definition) is 1. The van der Waals surface area contributed by atoms with Crippen molar-refractivity contribution in [1.29, 1.82) is 0 Å². The van der Waals surface area contributed by atoms with Crippen molar-refractivity contribution < 1.29 is 9.59 Å². The summed E-state index contributed by atoms with van der Waals surface area (Å²) in [5.41, 5.74) is 0. The second-order valence-corrected chi connectivity index (χ2v) is 5.66. The van der Waals surface area contributed by atoms with Crippen molar-refractivity contribution in [3.8, 4) is 0 Å². The van der Waals surface area contributed by atoms with Crippen LogP contribution in [0.25, 0.3) is 0 Å². The van der Waals surface area contributed by atoms with Gasteiger partial charge in [-0.2, -0.15) is 0 Å². The summed E-state index contributed by atoms with van der Waals surface area (Å²) < 4.78 is 1.96. The van der Waals surface area contributed by atoms with E-state index in [4.69, 9.17) is 0 Å². The lowest BCUT2D eigenvalue weighted by molar-refractivity contribution is -0.134. The van der Waals surface area contributed by atoms with Crippen molar-refractivity contribution in [1.82, 2.24) is 19.8 Å². The van der Waals surface area contributed by atoms with Gasteiger partial charge in [0.2, 0.25) is 11.8 Å². The second-order valence-electron chi connectivity index (χ2n) is 5.66. The first-order chi connectivity index (χ1) is 9.65. The van der Waals surface area contributed by atoms with Crippen molar-refractivity contribution in [3.05, 3.63) is 18.2 Å². The van der Waals surface area contributed by atoms with Crippen molar-refractivity contribution in [2.24, 2.45) is 13.0 Å². The minimum absolute atomic E-state index is 0.00487. The van der Waals surface area contributed by atoms with E-state index in [-0.39, 0.29) is 17.9 Å². The molecule has 2 fully saturated rings. The molecule has 2 aliphatic rings. The Morgan fingerprint density at radius 2 is 2.20 bits per heavy atom. The number of amides is 2. The van der Waals surface area contributed by atoms with Crippen molar-refractivity contribution >= 4 is 11.8 Å². The third kappa shape index (κ3) is 2.69. The highest BCUT2D eigenvalue weighted by atomic mass is 16.2. The predicted octanol–water partition coefficient (Wildman–Crippen LogP) is 0.0897. The topological polar surface area (TPSA) is 67.2 Å². The van der Waals surface area contributed by atoms with Crippen LogP contribution in [0.3, 0.4) is 0 Å². The summed E-state index contributed by atoms with van der Waals surface area (Å²) in [4.78, 5) is 30.3. The Morgan fingerprint density at radius 3 is 2.85 bits per heavy atom. The highest BCUT2D eigenvalue weighted by molar-refractivity contribution is 5.90. The third-order valence-corrected chi connectivity index (χ3v) is 4.12. The number of carbonyl (C=O) groups is 2. The highest BCUT2D eigenvalue weighted by Gasteiger charge is 2.40. The van der Waals surface area contributed by atoms with Gasteiger partial charge in [0.1, 0.15) is 11.9 Å². The van der Waals surface area contributed by atoms with Gasteiger partial charge in [-0.1, -0.05) is 0 Å². The van der Waals surface area contributed by atoms with Crippen LogP contribution in [0.1, 0.15) is 25.1 Å². The highest BCUT2D eigenvalue weighted by Crippen LogP contribution is 2.34. The summed E-state index contributed by atoms with van der Waals surface area (Å²) in [6.07, 6.45) is 6.87. The fourth-order valence-corrected chi connectivity index (χ4v) is 2.69. The van der Waals surface area contributed by atoms with Gasteiger partial charge in [0, 0.05) is 45.4 Å². The summed E-state index contributed by atoms with van der Waals surface area (Å²) in [5.74, 6) is 1.38. The zero-order valence-electron chi connectivity index (χ0n) is 11.7. The molecule has 1 aliphatic heterocycles. The molecule has 1 saturated carbocycles. The number of hydrogen-bond acceptors (Lipinski definition) is 3. The molecule has 2 amide bonds. The van der Waals surface area contributed by atoms with Gasteiger partial charge in [0.15, 0.2) is 0 Å². The second kappa shape index (κ2) is 5.26. The molecule has 0 aromatic carbocycles. The Balaban J connectivity index is 1.66. The molecule has 1 aliphatic carbocycles. The Labute approximate surface area is 118 Å². The maximum absolute atomic E-state index is 12.5. The normalized spacial score (nSPS) is 23.6. The molecule has 0 spiro atoms. The van der Waals surface area contributed by atoms with Crippen LogP contribution in [0.2, 0.25) is 0 Å². The molecule has 108 valence electrons. The number of rotatable bonds is 4. The largest absolute Gasteiger partial charge is 0.344 e. The molecule has 1 N–H and O–H groups in total. The molecular weight excluding hydrogens is 256 g/mol. The standard InChI is InChI=1S/C14H20N4O2/c1-17-9-6-15-11(17)4-7-18-8-5-12(19)16-13(14(18)20)10-2-3-10/h6,9-10,13H,2-5,7-8H2,1H3,(H,16,19). The minimum atomic E-state index is -0.300. The van der Waals surface area contributed by atoms with Crippen LogP contribution >= 0.6 is 0 Å². The Bertz CT molecular complexity index is 521. The molecule has 2 heterocycles. The molecule has 20 heavy (non-hydrogen) atoms. The average molecular weight is 276 g/mol. The fourth-order valence-electron chi connectivity index (χ4n) is 2.69. The third-order valence-electron chi connectivity index (χ3n) is 4.12. The van der Waals surface area contributed by atoms with Gasteiger partial charge in [-0.25, -0.2) is 4.98 Å². The first kappa shape index (κ1) is 13.1. The monoisotopic (exact) mass is 276 g/mol. The molecule has 1 aromatic rings. The molecule has 0 radical (unpaired) electrons. The van der Waals surface area contributed by atoms with Gasteiger partial charge >= 0.3 is 0 Å². The van der Waals surface area contributed by atoms with E-state index in [1.807, 2.05) is 22.7 Å². The molecule has 1 atom stereocenters. The van der Waals surface area contributed by atoms with Crippen LogP contribution < -0.4 is 5.32 Å². The molecule has 1 saturated heterocycles. The van der Waals surface area contributed by atoms with Gasteiger partial charge in [-0.3, -0.25) is 9.59 Å². The molecule has 0 bridgehead atoms. The van der Waals surface area contributed by atoms with E-state index in [9.17, 15) is 9.59 Å². The van der Waals surface area contributed by atoms with E-state index in [2.05, 4.69) is 10.3 Å². The molecule has 6 nitrogen and oxygen atoms in total. The quantitative estimate of drug-likeness (QED) is 0.847. The molecular formula is C14H20N4O2. The summed E-state index contributed by atoms with van der Waals surface area (Å²) in [7, 11) is 1.95. The van der Waals surface area contributed by atoms with Crippen LogP contribution in [0.4, 0.5) is 0 Å². The number of imidazole rings is 1. The number of aryl methyl sites for hydroxylation is 1. The maximum Gasteiger partial charge on any atom is 0.245 e. The molecule has 6 heteroatoms. The van der Waals surface area contributed by atoms with Crippen LogP contribution in [-0.2, 0) is 23.1 Å². The van der Waals surface area contributed by atoms with Gasteiger partial charge in [0.05, 0.1) is 0 Å². The number of carbonyl (C=O) groups excluding carboxylic acids is 2. The Kier molecular flexibility index (Phi) is 3.46. The summed E-state index contributed by atoms with van der Waals surface area (Å²) in [5, 5.41) is 2.87. The summed E-state index contributed by atoms with van der Waals surface area (Å²) in [6.45, 7) is 1.14. The molecule has 1 aromatic heterocycles. The molecule has 3 rings (SSSR count). The number of nitrogens with one attached hydrogen (secondary N) is 1. The first-order valence-electron chi connectivity index (χ1n) is 7.19.